The predicted molar refractivity (Wildman–Crippen MR) is 225 cm³/mol. The summed E-state index contributed by atoms with van der Waals surface area (Å²) in [5, 5.41) is 2.78. The van der Waals surface area contributed by atoms with Gasteiger partial charge in [-0.25, -0.2) is 0 Å². The number of ether oxygens (including phenoxy) is 5. The van der Waals surface area contributed by atoms with Crippen LogP contribution in [0.2, 0.25) is 0 Å². The normalized spacial score (nSPS) is 18.1. The van der Waals surface area contributed by atoms with E-state index in [1.165, 1.54) is 14.2 Å². The highest BCUT2D eigenvalue weighted by Gasteiger charge is 2.35. The van der Waals surface area contributed by atoms with Gasteiger partial charge >= 0.3 is 0 Å². The van der Waals surface area contributed by atoms with Crippen LogP contribution in [-0.2, 0) is 4.79 Å². The number of benzene rings is 4. The molecule has 0 saturated heterocycles. The number of carbonyl (C=O) groups excluding carboxylic acids is 3. The highest BCUT2D eigenvalue weighted by atomic mass is 16.5. The average Bonchev–Trinajstić information content (AvgIpc) is 3.83. The van der Waals surface area contributed by atoms with E-state index in [0.29, 0.717) is 70.4 Å². The number of amides is 3. The molecule has 0 bridgehead atoms. The summed E-state index contributed by atoms with van der Waals surface area (Å²) in [6, 6.07) is 20.9. The van der Waals surface area contributed by atoms with E-state index in [4.69, 9.17) is 39.4 Å². The molecule has 14 nitrogen and oxygen atoms in total. The standard InChI is InChI=1S/C45H44N6O8/c1-26(46)43(52)49-31-10-6-27(7-11-31)29-16-32-22-47-37-20-41(39(56-3)18-35(37)44(53)50(32)24-29)58-14-5-15-59-42-21-38-36(19-40(42)57-4)45(54)51-25-30(17-33(51)23-48-38)28-8-12-34(55-2)13-9-28/h6-13,18-26,32-33H,5,14-17,46H2,1-4H3,(H,49,52)/t26-,32-,33-/m0/s1. The number of fused-ring (bicyclic) bond motifs is 4. The van der Waals surface area contributed by atoms with Gasteiger partial charge in [-0.3, -0.25) is 24.4 Å². The Morgan fingerprint density at radius 1 is 0.712 bits per heavy atom. The van der Waals surface area contributed by atoms with Crippen LogP contribution >= 0.6 is 0 Å². The molecule has 3 amide bonds. The molecule has 0 saturated carbocycles. The topological polar surface area (TPSA) is 167 Å². The fourth-order valence-corrected chi connectivity index (χ4v) is 7.39. The lowest BCUT2D eigenvalue weighted by Crippen LogP contribution is -2.32. The van der Waals surface area contributed by atoms with Crippen molar-refractivity contribution in [1.82, 2.24) is 9.80 Å². The highest BCUT2D eigenvalue weighted by molar-refractivity contribution is 6.06. The maximum absolute atomic E-state index is 13.8. The molecule has 0 radical (unpaired) electrons. The summed E-state index contributed by atoms with van der Waals surface area (Å²) in [6.45, 7) is 2.20. The number of aliphatic imine (C=N–C) groups is 2. The first kappa shape index (κ1) is 38.9. The van der Waals surface area contributed by atoms with Crippen molar-refractivity contribution >= 4 is 58.4 Å². The van der Waals surface area contributed by atoms with E-state index < -0.39 is 6.04 Å². The monoisotopic (exact) mass is 796 g/mol. The van der Waals surface area contributed by atoms with E-state index in [1.54, 1.807) is 60.5 Å². The molecule has 4 heterocycles. The van der Waals surface area contributed by atoms with Crippen molar-refractivity contribution in [3.8, 4) is 28.7 Å². The summed E-state index contributed by atoms with van der Waals surface area (Å²) < 4.78 is 28.8. The van der Waals surface area contributed by atoms with Crippen LogP contribution in [0, 0.1) is 0 Å². The summed E-state index contributed by atoms with van der Waals surface area (Å²) in [6.07, 6.45) is 9.05. The molecule has 302 valence electrons. The maximum atomic E-state index is 13.8. The number of nitrogens with zero attached hydrogens (tertiary/aromatic N) is 4. The molecular weight excluding hydrogens is 753 g/mol. The minimum Gasteiger partial charge on any atom is -0.497 e. The van der Waals surface area contributed by atoms with E-state index in [9.17, 15) is 14.4 Å². The summed E-state index contributed by atoms with van der Waals surface area (Å²) in [4.78, 5) is 52.4. The minimum absolute atomic E-state index is 0.167. The van der Waals surface area contributed by atoms with Crippen LogP contribution in [-0.4, -0.2) is 92.6 Å². The number of nitrogens with one attached hydrogen (secondary N) is 1. The van der Waals surface area contributed by atoms with Crippen molar-refractivity contribution in [2.45, 2.75) is 44.3 Å². The molecule has 4 aliphatic heterocycles. The smallest absolute Gasteiger partial charge is 0.260 e. The van der Waals surface area contributed by atoms with Crippen molar-refractivity contribution in [2.24, 2.45) is 15.7 Å². The Balaban J connectivity index is 0.891. The van der Waals surface area contributed by atoms with Gasteiger partial charge in [0.25, 0.3) is 11.8 Å². The third-order valence-electron chi connectivity index (χ3n) is 10.6. The van der Waals surface area contributed by atoms with Crippen LogP contribution in [0.5, 0.6) is 28.7 Å². The zero-order valence-corrected chi connectivity index (χ0v) is 33.1. The first-order valence-electron chi connectivity index (χ1n) is 19.3. The Morgan fingerprint density at radius 2 is 1.19 bits per heavy atom. The lowest BCUT2D eigenvalue weighted by Gasteiger charge is -2.19. The number of rotatable bonds is 13. The highest BCUT2D eigenvalue weighted by Crippen LogP contribution is 2.42. The first-order chi connectivity index (χ1) is 28.6. The van der Waals surface area contributed by atoms with Gasteiger partial charge in [0.1, 0.15) is 5.75 Å². The molecule has 4 aromatic carbocycles. The molecule has 14 heteroatoms. The molecule has 8 rings (SSSR count). The van der Waals surface area contributed by atoms with Gasteiger partial charge in [-0.1, -0.05) is 24.3 Å². The van der Waals surface area contributed by atoms with Crippen molar-refractivity contribution in [3.05, 3.63) is 107 Å². The number of carbonyl (C=O) groups is 3. The van der Waals surface area contributed by atoms with Gasteiger partial charge in [0.15, 0.2) is 23.0 Å². The molecule has 0 unspecified atom stereocenters. The van der Waals surface area contributed by atoms with Crippen LogP contribution in [0.1, 0.15) is 58.0 Å². The number of hydrogen-bond donors (Lipinski definition) is 2. The van der Waals surface area contributed by atoms with Crippen LogP contribution in [0.15, 0.2) is 95.2 Å². The van der Waals surface area contributed by atoms with Crippen molar-refractivity contribution < 1.29 is 38.1 Å². The Morgan fingerprint density at radius 3 is 1.63 bits per heavy atom. The van der Waals surface area contributed by atoms with Crippen LogP contribution < -0.4 is 34.7 Å². The van der Waals surface area contributed by atoms with E-state index in [-0.39, 0.29) is 43.0 Å². The first-order valence-corrected chi connectivity index (χ1v) is 19.3. The van der Waals surface area contributed by atoms with Crippen LogP contribution in [0.3, 0.4) is 0 Å². The Hall–Kier alpha value is -6.93. The maximum Gasteiger partial charge on any atom is 0.260 e. The lowest BCUT2D eigenvalue weighted by molar-refractivity contribution is -0.117. The molecule has 4 aliphatic rings. The number of anilines is 1. The number of hydrogen-bond acceptors (Lipinski definition) is 11. The van der Waals surface area contributed by atoms with Crippen LogP contribution in [0.4, 0.5) is 17.1 Å². The molecule has 0 fully saturated rings. The average molecular weight is 797 g/mol. The Kier molecular flexibility index (Phi) is 10.9. The molecule has 0 aromatic heterocycles. The van der Waals surface area contributed by atoms with Gasteiger partial charge < -0.3 is 44.5 Å². The Bertz CT molecular complexity index is 2420. The van der Waals surface area contributed by atoms with E-state index >= 15 is 0 Å². The summed E-state index contributed by atoms with van der Waals surface area (Å²) in [5.41, 5.74) is 12.1. The fraction of sp³-hybridized carbons (Fsp3) is 0.267. The summed E-state index contributed by atoms with van der Waals surface area (Å²) in [7, 11) is 4.69. The Labute approximate surface area is 341 Å². The third kappa shape index (κ3) is 7.86. The zero-order chi connectivity index (χ0) is 41.2. The quantitative estimate of drug-likeness (QED) is 0.139. The van der Waals surface area contributed by atoms with E-state index in [2.05, 4.69) is 5.32 Å². The van der Waals surface area contributed by atoms with Gasteiger partial charge in [0, 0.05) is 61.9 Å². The van der Waals surface area contributed by atoms with Crippen LogP contribution in [0.25, 0.3) is 11.1 Å². The second-order valence-corrected chi connectivity index (χ2v) is 14.5. The number of methoxy groups -OCH3 is 3. The van der Waals surface area contributed by atoms with E-state index in [0.717, 1.165) is 28.0 Å². The van der Waals surface area contributed by atoms with Crippen molar-refractivity contribution in [1.29, 1.82) is 0 Å². The zero-order valence-electron chi connectivity index (χ0n) is 33.1. The third-order valence-corrected chi connectivity index (χ3v) is 10.6. The summed E-state index contributed by atoms with van der Waals surface area (Å²) >= 11 is 0. The second-order valence-electron chi connectivity index (χ2n) is 14.5. The van der Waals surface area contributed by atoms with Crippen molar-refractivity contribution in [3.63, 3.8) is 0 Å². The van der Waals surface area contributed by atoms with Gasteiger partial charge in [0.2, 0.25) is 5.91 Å². The molecular formula is C45H44N6O8. The second kappa shape index (κ2) is 16.5. The van der Waals surface area contributed by atoms with Gasteiger partial charge in [-0.2, -0.15) is 0 Å². The molecule has 0 spiro atoms. The fourth-order valence-electron chi connectivity index (χ4n) is 7.39. The number of nitrogens with two attached hydrogens (primary N) is 1. The predicted octanol–water partition coefficient (Wildman–Crippen LogP) is 6.79. The van der Waals surface area contributed by atoms with Gasteiger partial charge in [-0.05, 0) is 65.6 Å². The minimum atomic E-state index is -0.617. The van der Waals surface area contributed by atoms with Gasteiger partial charge in [0.05, 0.1) is 75.2 Å². The molecule has 59 heavy (non-hydrogen) atoms. The largest absolute Gasteiger partial charge is 0.497 e. The van der Waals surface area contributed by atoms with Crippen molar-refractivity contribution in [2.75, 3.05) is 39.9 Å². The molecule has 3 N–H and O–H groups in total. The SMILES string of the molecule is COc1ccc(C2=CN3C(=O)c4cc(OC)c(OCCCOc5cc6c(cc5OC)C(=O)N5C=C(c7ccc(NC(=O)[C@H](C)N)cc7)C[C@H]5C=N6)cc4N=C[C@@H]3C2)cc1. The molecule has 3 atom stereocenters. The summed E-state index contributed by atoms with van der Waals surface area (Å²) in [5.74, 6) is 1.87. The molecule has 4 aromatic rings. The lowest BCUT2D eigenvalue weighted by atomic mass is 10.0. The van der Waals surface area contributed by atoms with Gasteiger partial charge in [-0.15, -0.1) is 0 Å². The molecule has 0 aliphatic carbocycles. The van der Waals surface area contributed by atoms with E-state index in [1.807, 2.05) is 60.9 Å².